The van der Waals surface area contributed by atoms with E-state index in [4.69, 9.17) is 11.6 Å². The number of halogens is 1. The van der Waals surface area contributed by atoms with Gasteiger partial charge in [0.05, 0.1) is 0 Å². The fourth-order valence-electron chi connectivity index (χ4n) is 2.80. The Bertz CT molecular complexity index is 367. The number of thiazole rings is 1. The molecule has 0 radical (unpaired) electrons. The maximum absolute atomic E-state index is 5.87. The molecule has 82 valence electrons. The first kappa shape index (κ1) is 9.87. The third-order valence-electron chi connectivity index (χ3n) is 3.64. The van der Waals surface area contributed by atoms with Crippen LogP contribution < -0.4 is 10.2 Å². The Morgan fingerprint density at radius 1 is 1.60 bits per heavy atom. The molecule has 2 saturated heterocycles. The number of anilines is 1. The van der Waals surface area contributed by atoms with Gasteiger partial charge in [0.1, 0.15) is 5.15 Å². The van der Waals surface area contributed by atoms with Gasteiger partial charge in [-0.25, -0.2) is 4.98 Å². The lowest BCUT2D eigenvalue weighted by Gasteiger charge is -2.23. The highest BCUT2D eigenvalue weighted by Crippen LogP contribution is 2.37. The van der Waals surface area contributed by atoms with Gasteiger partial charge in [-0.05, 0) is 18.8 Å². The van der Waals surface area contributed by atoms with Crippen LogP contribution in [0, 0.1) is 11.8 Å². The minimum absolute atomic E-state index is 0.590. The Labute approximate surface area is 98.4 Å². The summed E-state index contributed by atoms with van der Waals surface area (Å²) in [7, 11) is 0. The van der Waals surface area contributed by atoms with E-state index < -0.39 is 0 Å². The Kier molecular flexibility index (Phi) is 2.38. The molecule has 0 bridgehead atoms. The zero-order chi connectivity index (χ0) is 10.4. The second-order valence-electron chi connectivity index (χ2n) is 4.43. The SMILES string of the molecule is CC1C2CNCC2CN1c1nc(Cl)cs1. The number of hydrogen-bond donors (Lipinski definition) is 1. The van der Waals surface area contributed by atoms with E-state index in [1.807, 2.05) is 5.38 Å². The molecule has 0 amide bonds. The largest absolute Gasteiger partial charge is 0.345 e. The molecule has 3 rings (SSSR count). The molecule has 0 aromatic carbocycles. The lowest BCUT2D eigenvalue weighted by molar-refractivity contribution is 0.471. The van der Waals surface area contributed by atoms with Crippen molar-refractivity contribution in [1.29, 1.82) is 0 Å². The fraction of sp³-hybridized carbons (Fsp3) is 0.700. The van der Waals surface area contributed by atoms with Crippen LogP contribution in [0.2, 0.25) is 5.15 Å². The summed E-state index contributed by atoms with van der Waals surface area (Å²) < 4.78 is 0. The van der Waals surface area contributed by atoms with Crippen molar-refractivity contribution < 1.29 is 0 Å². The summed E-state index contributed by atoms with van der Waals surface area (Å²) in [5.41, 5.74) is 0. The molecule has 5 heteroatoms. The molecule has 1 aromatic rings. The van der Waals surface area contributed by atoms with Crippen LogP contribution in [0.3, 0.4) is 0 Å². The second kappa shape index (κ2) is 3.61. The Morgan fingerprint density at radius 3 is 3.13 bits per heavy atom. The van der Waals surface area contributed by atoms with Crippen LogP contribution in [-0.4, -0.2) is 30.7 Å². The maximum Gasteiger partial charge on any atom is 0.187 e. The molecule has 0 spiro atoms. The average molecular weight is 244 g/mol. The fourth-order valence-corrected chi connectivity index (χ4v) is 3.84. The molecule has 15 heavy (non-hydrogen) atoms. The van der Waals surface area contributed by atoms with Gasteiger partial charge in [0.25, 0.3) is 0 Å². The molecule has 1 N–H and O–H groups in total. The number of hydrogen-bond acceptors (Lipinski definition) is 4. The molecule has 3 unspecified atom stereocenters. The molecule has 0 aliphatic carbocycles. The van der Waals surface area contributed by atoms with Gasteiger partial charge in [0, 0.05) is 31.1 Å². The van der Waals surface area contributed by atoms with Crippen molar-refractivity contribution >= 4 is 28.1 Å². The highest BCUT2D eigenvalue weighted by Gasteiger charge is 2.42. The van der Waals surface area contributed by atoms with E-state index in [9.17, 15) is 0 Å². The van der Waals surface area contributed by atoms with Crippen molar-refractivity contribution in [3.63, 3.8) is 0 Å². The number of nitrogens with zero attached hydrogens (tertiary/aromatic N) is 2. The topological polar surface area (TPSA) is 28.2 Å². The Hall–Kier alpha value is -0.320. The second-order valence-corrected chi connectivity index (χ2v) is 5.65. The van der Waals surface area contributed by atoms with Crippen molar-refractivity contribution in [2.75, 3.05) is 24.5 Å². The van der Waals surface area contributed by atoms with E-state index in [1.165, 1.54) is 0 Å². The molecule has 3 atom stereocenters. The van der Waals surface area contributed by atoms with Gasteiger partial charge in [-0.15, -0.1) is 11.3 Å². The first-order valence-corrected chi connectivity index (χ1v) is 6.60. The summed E-state index contributed by atoms with van der Waals surface area (Å²) in [6.07, 6.45) is 0. The molecule has 1 aromatic heterocycles. The summed E-state index contributed by atoms with van der Waals surface area (Å²) in [6, 6.07) is 0.590. The first-order chi connectivity index (χ1) is 7.25. The highest BCUT2D eigenvalue weighted by molar-refractivity contribution is 7.14. The molecular weight excluding hydrogens is 230 g/mol. The van der Waals surface area contributed by atoms with E-state index in [-0.39, 0.29) is 0 Å². The minimum atomic E-state index is 0.590. The van der Waals surface area contributed by atoms with Crippen LogP contribution >= 0.6 is 22.9 Å². The van der Waals surface area contributed by atoms with Crippen LogP contribution in [0.25, 0.3) is 0 Å². The summed E-state index contributed by atoms with van der Waals surface area (Å²) in [6.45, 7) is 5.74. The van der Waals surface area contributed by atoms with Gasteiger partial charge in [0.2, 0.25) is 0 Å². The summed E-state index contributed by atoms with van der Waals surface area (Å²) in [4.78, 5) is 6.77. The van der Waals surface area contributed by atoms with Crippen LogP contribution in [0.5, 0.6) is 0 Å². The van der Waals surface area contributed by atoms with Gasteiger partial charge >= 0.3 is 0 Å². The van der Waals surface area contributed by atoms with Crippen LogP contribution in [0.1, 0.15) is 6.92 Å². The molecule has 2 aliphatic rings. The third kappa shape index (κ3) is 1.55. The molecule has 3 nitrogen and oxygen atoms in total. The van der Waals surface area contributed by atoms with Crippen molar-refractivity contribution in [1.82, 2.24) is 10.3 Å². The highest BCUT2D eigenvalue weighted by atomic mass is 35.5. The summed E-state index contributed by atoms with van der Waals surface area (Å²) in [5.74, 6) is 1.58. The molecule has 2 fully saturated rings. The van der Waals surface area contributed by atoms with Crippen molar-refractivity contribution in [2.24, 2.45) is 11.8 Å². The first-order valence-electron chi connectivity index (χ1n) is 5.34. The normalized spacial score (nSPS) is 34.8. The van der Waals surface area contributed by atoms with Gasteiger partial charge < -0.3 is 10.2 Å². The van der Waals surface area contributed by atoms with E-state index in [0.717, 1.165) is 36.6 Å². The molecule has 3 heterocycles. The maximum atomic E-state index is 5.87. The van der Waals surface area contributed by atoms with Crippen LogP contribution in [0.4, 0.5) is 5.13 Å². The summed E-state index contributed by atoms with van der Waals surface area (Å²) in [5, 5.41) is 7.08. The predicted molar refractivity (Wildman–Crippen MR) is 63.8 cm³/mol. The van der Waals surface area contributed by atoms with E-state index in [2.05, 4.69) is 22.1 Å². The smallest absolute Gasteiger partial charge is 0.187 e. The van der Waals surface area contributed by atoms with Gasteiger partial charge in [-0.2, -0.15) is 0 Å². The predicted octanol–water partition coefficient (Wildman–Crippen LogP) is 1.84. The molecule has 2 aliphatic heterocycles. The monoisotopic (exact) mass is 243 g/mol. The van der Waals surface area contributed by atoms with Crippen LogP contribution in [0.15, 0.2) is 5.38 Å². The number of fused-ring (bicyclic) bond motifs is 1. The van der Waals surface area contributed by atoms with Crippen LogP contribution in [-0.2, 0) is 0 Å². The third-order valence-corrected chi connectivity index (χ3v) is 4.84. The minimum Gasteiger partial charge on any atom is -0.345 e. The number of nitrogens with one attached hydrogen (secondary N) is 1. The average Bonchev–Trinajstić information content (AvgIpc) is 2.84. The lowest BCUT2D eigenvalue weighted by atomic mass is 9.95. The standard InChI is InChI=1S/C10H14ClN3S/c1-6-8-3-12-2-7(8)4-14(6)10-13-9(11)5-15-10/h5-8,12H,2-4H2,1H3. The summed E-state index contributed by atoms with van der Waals surface area (Å²) >= 11 is 7.52. The van der Waals surface area contributed by atoms with Gasteiger partial charge in [0.15, 0.2) is 5.13 Å². The van der Waals surface area contributed by atoms with E-state index in [0.29, 0.717) is 11.2 Å². The molecule has 0 saturated carbocycles. The Morgan fingerprint density at radius 2 is 2.47 bits per heavy atom. The zero-order valence-corrected chi connectivity index (χ0v) is 10.2. The number of rotatable bonds is 1. The molecular formula is C10H14ClN3S. The Balaban J connectivity index is 1.84. The zero-order valence-electron chi connectivity index (χ0n) is 8.61. The lowest BCUT2D eigenvalue weighted by Crippen LogP contribution is -2.33. The van der Waals surface area contributed by atoms with Gasteiger partial charge in [-0.1, -0.05) is 11.6 Å². The number of aromatic nitrogens is 1. The van der Waals surface area contributed by atoms with Gasteiger partial charge in [-0.3, -0.25) is 0 Å². The van der Waals surface area contributed by atoms with Crippen molar-refractivity contribution in [3.05, 3.63) is 10.5 Å². The quantitative estimate of drug-likeness (QED) is 0.816. The van der Waals surface area contributed by atoms with E-state index >= 15 is 0 Å². The van der Waals surface area contributed by atoms with E-state index in [1.54, 1.807) is 11.3 Å². The van der Waals surface area contributed by atoms with Crippen molar-refractivity contribution in [3.8, 4) is 0 Å². The van der Waals surface area contributed by atoms with Crippen molar-refractivity contribution in [2.45, 2.75) is 13.0 Å².